The molecule has 162 valence electrons. The normalized spacial score (nSPS) is 12.7. The zero-order chi connectivity index (χ0) is 22.4. The second-order valence-corrected chi connectivity index (χ2v) is 8.66. The van der Waals surface area contributed by atoms with Gasteiger partial charge in [0.2, 0.25) is 0 Å². The van der Waals surface area contributed by atoms with E-state index in [0.29, 0.717) is 6.54 Å². The summed E-state index contributed by atoms with van der Waals surface area (Å²) < 4.78 is 4.18. The summed E-state index contributed by atoms with van der Waals surface area (Å²) in [6.45, 7) is 6.79. The Hall–Kier alpha value is -3.41. The van der Waals surface area contributed by atoms with Crippen molar-refractivity contribution in [2.24, 2.45) is 7.05 Å². The lowest BCUT2D eigenvalue weighted by molar-refractivity contribution is 0.138. The highest BCUT2D eigenvalue weighted by Crippen LogP contribution is 2.30. The number of nitrogens with one attached hydrogen (secondary N) is 1. The van der Waals surface area contributed by atoms with Gasteiger partial charge in [-0.2, -0.15) is 0 Å². The van der Waals surface area contributed by atoms with Crippen molar-refractivity contribution in [1.29, 1.82) is 0 Å². The predicted molar refractivity (Wildman–Crippen MR) is 130 cm³/mol. The van der Waals surface area contributed by atoms with E-state index in [0.717, 1.165) is 44.6 Å². The van der Waals surface area contributed by atoms with E-state index in [1.165, 1.54) is 11.1 Å². The molecule has 0 saturated carbocycles. The number of aliphatic hydroxyl groups excluding tert-OH is 1. The lowest BCUT2D eigenvalue weighted by Gasteiger charge is -2.14. The van der Waals surface area contributed by atoms with Gasteiger partial charge >= 0.3 is 0 Å². The molecule has 5 aromatic rings. The molecule has 32 heavy (non-hydrogen) atoms. The van der Waals surface area contributed by atoms with Gasteiger partial charge in [0.25, 0.3) is 0 Å². The molecule has 5 heteroatoms. The Morgan fingerprint density at radius 2 is 1.75 bits per heavy atom. The van der Waals surface area contributed by atoms with Gasteiger partial charge in [-0.1, -0.05) is 48.0 Å². The number of pyridine rings is 1. The minimum atomic E-state index is -0.788. The van der Waals surface area contributed by atoms with Crippen LogP contribution < -0.4 is 5.32 Å². The smallest absolute Gasteiger partial charge is 0.137 e. The zero-order valence-corrected chi connectivity index (χ0v) is 18.9. The molecule has 0 saturated heterocycles. The van der Waals surface area contributed by atoms with Crippen molar-refractivity contribution in [3.63, 3.8) is 0 Å². The summed E-state index contributed by atoms with van der Waals surface area (Å²) in [6, 6.07) is 18.7. The van der Waals surface area contributed by atoms with Crippen molar-refractivity contribution in [2.75, 3.05) is 0 Å². The number of aromatic nitrogens is 3. The first kappa shape index (κ1) is 20.5. The molecule has 5 nitrogen and oxygen atoms in total. The van der Waals surface area contributed by atoms with E-state index in [2.05, 4.69) is 67.0 Å². The fourth-order valence-corrected chi connectivity index (χ4v) is 4.56. The maximum absolute atomic E-state index is 11.1. The number of nitrogens with zero attached hydrogens (tertiary/aromatic N) is 3. The van der Waals surface area contributed by atoms with Crippen molar-refractivity contribution in [2.45, 2.75) is 33.5 Å². The average Bonchev–Trinajstić information content (AvgIpc) is 3.30. The van der Waals surface area contributed by atoms with Crippen LogP contribution in [0.15, 0.2) is 67.0 Å². The number of rotatable bonds is 5. The molecule has 0 amide bonds. The third-order valence-corrected chi connectivity index (χ3v) is 6.19. The largest absolute Gasteiger partial charge is 0.374 e. The number of hydrogen-bond acceptors (Lipinski definition) is 3. The standard InChI is InChI=1S/C27H28N4O/c1-17-9-11-20(19(3)13-17)26-24(31-15-18(2)10-12-25(31)29-26)14-28-27(32)22-16-30(4)23-8-6-5-7-21(22)23/h5-13,15-16,27-28,32H,14H2,1-4H3. The number of aliphatic hydroxyl groups is 1. The van der Waals surface area contributed by atoms with Crippen LogP contribution >= 0.6 is 0 Å². The first-order valence-corrected chi connectivity index (χ1v) is 10.9. The summed E-state index contributed by atoms with van der Waals surface area (Å²) in [7, 11) is 2.00. The number of imidazole rings is 1. The molecule has 3 aromatic heterocycles. The fourth-order valence-electron chi connectivity index (χ4n) is 4.56. The van der Waals surface area contributed by atoms with Crippen LogP contribution in [0, 0.1) is 20.8 Å². The minimum Gasteiger partial charge on any atom is -0.374 e. The molecule has 0 spiro atoms. The molecule has 5 rings (SSSR count). The molecular formula is C27H28N4O. The van der Waals surface area contributed by atoms with Gasteiger partial charge in [-0.05, 0) is 44.0 Å². The summed E-state index contributed by atoms with van der Waals surface area (Å²) >= 11 is 0. The summed E-state index contributed by atoms with van der Waals surface area (Å²) in [5.74, 6) is 0. The summed E-state index contributed by atoms with van der Waals surface area (Å²) in [5.41, 5.74) is 9.58. The Morgan fingerprint density at radius 1 is 0.969 bits per heavy atom. The fraction of sp³-hybridized carbons (Fsp3) is 0.222. The minimum absolute atomic E-state index is 0.484. The summed E-state index contributed by atoms with van der Waals surface area (Å²) in [4.78, 5) is 4.96. The monoisotopic (exact) mass is 424 g/mol. The number of hydrogen-bond donors (Lipinski definition) is 2. The predicted octanol–water partition coefficient (Wildman–Crippen LogP) is 5.20. The second kappa shape index (κ2) is 7.93. The molecule has 0 aliphatic carbocycles. The van der Waals surface area contributed by atoms with E-state index in [1.807, 2.05) is 42.1 Å². The SMILES string of the molecule is Cc1ccc(-c2nc3ccc(C)cn3c2CNC(O)c2cn(C)c3ccccc23)c(C)c1. The van der Waals surface area contributed by atoms with Crippen molar-refractivity contribution in [3.05, 3.63) is 94.9 Å². The van der Waals surface area contributed by atoms with E-state index in [1.54, 1.807) is 0 Å². The Labute approximate surface area is 188 Å². The number of para-hydroxylation sites is 1. The maximum atomic E-state index is 11.1. The van der Waals surface area contributed by atoms with Gasteiger partial charge in [0, 0.05) is 48.0 Å². The van der Waals surface area contributed by atoms with Gasteiger partial charge in [-0.15, -0.1) is 0 Å². The highest BCUT2D eigenvalue weighted by molar-refractivity contribution is 5.84. The molecular weight excluding hydrogens is 396 g/mol. The van der Waals surface area contributed by atoms with Crippen molar-refractivity contribution >= 4 is 16.6 Å². The van der Waals surface area contributed by atoms with Crippen molar-refractivity contribution in [3.8, 4) is 11.3 Å². The van der Waals surface area contributed by atoms with Gasteiger partial charge in [-0.3, -0.25) is 5.32 Å². The quantitative estimate of drug-likeness (QED) is 0.381. The van der Waals surface area contributed by atoms with Crippen LogP contribution in [0.1, 0.15) is 34.2 Å². The average molecular weight is 425 g/mol. The lowest BCUT2D eigenvalue weighted by atomic mass is 10.0. The first-order valence-electron chi connectivity index (χ1n) is 10.9. The van der Waals surface area contributed by atoms with Crippen LogP contribution in [0.4, 0.5) is 0 Å². The van der Waals surface area contributed by atoms with E-state index in [-0.39, 0.29) is 0 Å². The van der Waals surface area contributed by atoms with Crippen LogP contribution in [0.25, 0.3) is 27.8 Å². The molecule has 3 heterocycles. The van der Waals surface area contributed by atoms with Crippen LogP contribution in [-0.4, -0.2) is 19.1 Å². The second-order valence-electron chi connectivity index (χ2n) is 8.66. The van der Waals surface area contributed by atoms with Crippen molar-refractivity contribution in [1.82, 2.24) is 19.3 Å². The molecule has 2 aromatic carbocycles. The van der Waals surface area contributed by atoms with Crippen LogP contribution in [-0.2, 0) is 13.6 Å². The van der Waals surface area contributed by atoms with Gasteiger partial charge < -0.3 is 14.1 Å². The molecule has 2 N–H and O–H groups in total. The number of benzene rings is 2. The van der Waals surface area contributed by atoms with Crippen LogP contribution in [0.2, 0.25) is 0 Å². The molecule has 0 aliphatic rings. The molecule has 0 radical (unpaired) electrons. The Morgan fingerprint density at radius 3 is 2.56 bits per heavy atom. The van der Waals surface area contributed by atoms with Crippen molar-refractivity contribution < 1.29 is 5.11 Å². The maximum Gasteiger partial charge on any atom is 0.137 e. The number of aryl methyl sites for hydroxylation is 4. The first-order chi connectivity index (χ1) is 15.4. The highest BCUT2D eigenvalue weighted by atomic mass is 16.3. The van der Waals surface area contributed by atoms with Crippen LogP contribution in [0.5, 0.6) is 0 Å². The van der Waals surface area contributed by atoms with Gasteiger partial charge in [0.15, 0.2) is 0 Å². The molecule has 1 unspecified atom stereocenters. The van der Waals surface area contributed by atoms with Crippen LogP contribution in [0.3, 0.4) is 0 Å². The third kappa shape index (κ3) is 3.49. The third-order valence-electron chi connectivity index (χ3n) is 6.19. The van der Waals surface area contributed by atoms with Gasteiger partial charge in [0.1, 0.15) is 11.9 Å². The highest BCUT2D eigenvalue weighted by Gasteiger charge is 2.19. The lowest BCUT2D eigenvalue weighted by Crippen LogP contribution is -2.21. The van der Waals surface area contributed by atoms with E-state index < -0.39 is 6.23 Å². The Balaban J connectivity index is 1.55. The molecule has 0 bridgehead atoms. The zero-order valence-electron chi connectivity index (χ0n) is 18.9. The van der Waals surface area contributed by atoms with E-state index in [9.17, 15) is 5.11 Å². The summed E-state index contributed by atoms with van der Waals surface area (Å²) in [6.07, 6.45) is 3.31. The topological polar surface area (TPSA) is 54.5 Å². The number of fused-ring (bicyclic) bond motifs is 2. The molecule has 0 fully saturated rings. The Bertz CT molecular complexity index is 1440. The van der Waals surface area contributed by atoms with Gasteiger partial charge in [0.05, 0.1) is 11.4 Å². The molecule has 0 aliphatic heterocycles. The Kier molecular flexibility index (Phi) is 5.08. The van der Waals surface area contributed by atoms with E-state index >= 15 is 0 Å². The molecule has 1 atom stereocenters. The van der Waals surface area contributed by atoms with E-state index in [4.69, 9.17) is 4.98 Å². The van der Waals surface area contributed by atoms with Gasteiger partial charge in [-0.25, -0.2) is 4.98 Å². The summed E-state index contributed by atoms with van der Waals surface area (Å²) in [5, 5.41) is 15.5.